The molecule has 1 amide bonds. The van der Waals surface area contributed by atoms with Gasteiger partial charge in [0.15, 0.2) is 0 Å². The fourth-order valence-corrected chi connectivity index (χ4v) is 4.34. The lowest BCUT2D eigenvalue weighted by atomic mass is 10.0. The summed E-state index contributed by atoms with van der Waals surface area (Å²) in [7, 11) is -2.34. The van der Waals surface area contributed by atoms with Crippen LogP contribution in [0.1, 0.15) is 18.4 Å². The molecule has 26 heavy (non-hydrogen) atoms. The molecule has 1 aliphatic rings. The van der Waals surface area contributed by atoms with Gasteiger partial charge in [-0.1, -0.05) is 30.3 Å². The van der Waals surface area contributed by atoms with Crippen LogP contribution >= 0.6 is 0 Å². The molecule has 0 saturated carbocycles. The molecule has 1 N–H and O–H groups in total. The Bertz CT molecular complexity index is 919. The van der Waals surface area contributed by atoms with Crippen LogP contribution in [0.15, 0.2) is 48.5 Å². The standard InChI is InChI=1S/C18H20FN3O3S/c1-13(14-6-4-3-5-7-14)18(23)20-10-11-22-17-12-15(19)8-9-16(17)21(2)26(22,24)25/h3-9,12-13H,10-11H2,1-2H3,(H,20,23)/t13-/m1/s1. The van der Waals surface area contributed by atoms with Crippen LogP contribution in [0.25, 0.3) is 0 Å². The topological polar surface area (TPSA) is 69.7 Å². The van der Waals surface area contributed by atoms with Gasteiger partial charge in [-0.2, -0.15) is 8.42 Å². The van der Waals surface area contributed by atoms with Crippen LogP contribution < -0.4 is 13.9 Å². The molecule has 3 rings (SSSR count). The minimum absolute atomic E-state index is 0.0242. The normalized spacial score (nSPS) is 16.3. The number of halogens is 1. The van der Waals surface area contributed by atoms with Gasteiger partial charge in [0, 0.05) is 19.7 Å². The molecule has 1 atom stereocenters. The van der Waals surface area contributed by atoms with E-state index < -0.39 is 16.0 Å². The van der Waals surface area contributed by atoms with Gasteiger partial charge in [-0.3, -0.25) is 9.10 Å². The number of anilines is 2. The molecular weight excluding hydrogens is 357 g/mol. The van der Waals surface area contributed by atoms with Crippen LogP contribution in [-0.2, 0) is 15.0 Å². The van der Waals surface area contributed by atoms with Crippen molar-refractivity contribution in [2.75, 3.05) is 28.7 Å². The van der Waals surface area contributed by atoms with Gasteiger partial charge in [-0.15, -0.1) is 0 Å². The second-order valence-electron chi connectivity index (χ2n) is 6.10. The van der Waals surface area contributed by atoms with E-state index in [1.807, 2.05) is 30.3 Å². The SMILES string of the molecule is C[C@@H](C(=O)NCCN1c2cc(F)ccc2N(C)S1(=O)=O)c1ccccc1. The average Bonchev–Trinajstić information content (AvgIpc) is 2.81. The highest BCUT2D eigenvalue weighted by Crippen LogP contribution is 2.39. The lowest BCUT2D eigenvalue weighted by molar-refractivity contribution is -0.122. The van der Waals surface area contributed by atoms with Crippen molar-refractivity contribution in [3.63, 3.8) is 0 Å². The molecule has 0 fully saturated rings. The first-order valence-corrected chi connectivity index (χ1v) is 9.61. The molecule has 8 heteroatoms. The molecule has 0 unspecified atom stereocenters. The summed E-state index contributed by atoms with van der Waals surface area (Å²) in [5.74, 6) is -1.06. The van der Waals surface area contributed by atoms with E-state index in [2.05, 4.69) is 5.32 Å². The first-order chi connectivity index (χ1) is 12.3. The molecule has 2 aromatic carbocycles. The number of fused-ring (bicyclic) bond motifs is 1. The van der Waals surface area contributed by atoms with Crippen molar-refractivity contribution < 1.29 is 17.6 Å². The summed E-state index contributed by atoms with van der Waals surface area (Å²) in [5.41, 5.74) is 1.57. The molecular formula is C18H20FN3O3S. The number of carbonyl (C=O) groups excluding carboxylic acids is 1. The highest BCUT2D eigenvalue weighted by Gasteiger charge is 2.37. The molecule has 6 nitrogen and oxygen atoms in total. The van der Waals surface area contributed by atoms with Gasteiger partial charge in [0.25, 0.3) is 0 Å². The Hall–Kier alpha value is -2.61. The Morgan fingerprint density at radius 3 is 2.54 bits per heavy atom. The lowest BCUT2D eigenvalue weighted by Gasteiger charge is -2.20. The van der Waals surface area contributed by atoms with E-state index in [-0.39, 0.29) is 30.6 Å². The summed E-state index contributed by atoms with van der Waals surface area (Å²) in [6.07, 6.45) is 0. The molecule has 0 aliphatic carbocycles. The lowest BCUT2D eigenvalue weighted by Crippen LogP contribution is -2.41. The molecule has 0 saturated heterocycles. The molecule has 1 aliphatic heterocycles. The first-order valence-electron chi connectivity index (χ1n) is 8.21. The van der Waals surface area contributed by atoms with E-state index in [0.29, 0.717) is 5.69 Å². The van der Waals surface area contributed by atoms with E-state index in [0.717, 1.165) is 14.2 Å². The highest BCUT2D eigenvalue weighted by atomic mass is 32.2. The summed E-state index contributed by atoms with van der Waals surface area (Å²) >= 11 is 0. The van der Waals surface area contributed by atoms with Crippen molar-refractivity contribution in [1.29, 1.82) is 0 Å². The highest BCUT2D eigenvalue weighted by molar-refractivity contribution is 7.94. The second kappa shape index (κ2) is 6.95. The van der Waals surface area contributed by atoms with Gasteiger partial charge >= 0.3 is 10.2 Å². The predicted molar refractivity (Wildman–Crippen MR) is 98.9 cm³/mol. The monoisotopic (exact) mass is 377 g/mol. The molecule has 0 radical (unpaired) electrons. The van der Waals surface area contributed by atoms with E-state index in [4.69, 9.17) is 0 Å². The van der Waals surface area contributed by atoms with E-state index in [1.165, 1.54) is 25.2 Å². The number of rotatable bonds is 5. The van der Waals surface area contributed by atoms with Crippen molar-refractivity contribution in [3.05, 3.63) is 59.9 Å². The molecule has 2 aromatic rings. The van der Waals surface area contributed by atoms with Crippen LogP contribution in [-0.4, -0.2) is 34.5 Å². The van der Waals surface area contributed by atoms with Crippen molar-refractivity contribution >= 4 is 27.5 Å². The van der Waals surface area contributed by atoms with E-state index in [1.54, 1.807) is 6.92 Å². The summed E-state index contributed by atoms with van der Waals surface area (Å²) in [5, 5.41) is 2.75. The number of nitrogens with one attached hydrogen (secondary N) is 1. The largest absolute Gasteiger partial charge is 0.354 e. The van der Waals surface area contributed by atoms with Gasteiger partial charge in [0.1, 0.15) is 5.82 Å². The molecule has 138 valence electrons. The zero-order chi connectivity index (χ0) is 18.9. The van der Waals surface area contributed by atoms with Crippen LogP contribution in [0.3, 0.4) is 0 Å². The Labute approximate surface area is 152 Å². The number of hydrogen-bond donors (Lipinski definition) is 1. The minimum atomic E-state index is -3.76. The van der Waals surface area contributed by atoms with Crippen LogP contribution in [0, 0.1) is 5.82 Å². The number of hydrogen-bond acceptors (Lipinski definition) is 3. The number of carbonyl (C=O) groups is 1. The molecule has 1 heterocycles. The predicted octanol–water partition coefficient (Wildman–Crippen LogP) is 2.25. The average molecular weight is 377 g/mol. The summed E-state index contributed by atoms with van der Waals surface area (Å²) < 4.78 is 40.8. The number of benzene rings is 2. The smallest absolute Gasteiger partial charge is 0.326 e. The van der Waals surface area contributed by atoms with Gasteiger partial charge in [-0.25, -0.2) is 8.70 Å². The Morgan fingerprint density at radius 1 is 1.15 bits per heavy atom. The van der Waals surface area contributed by atoms with Crippen molar-refractivity contribution in [3.8, 4) is 0 Å². The third kappa shape index (κ3) is 3.24. The maximum atomic E-state index is 13.5. The third-order valence-electron chi connectivity index (χ3n) is 4.48. The summed E-state index contributed by atoms with van der Waals surface area (Å²) in [6.45, 7) is 1.94. The fraction of sp³-hybridized carbons (Fsp3) is 0.278. The van der Waals surface area contributed by atoms with Gasteiger partial charge in [-0.05, 0) is 24.6 Å². The van der Waals surface area contributed by atoms with Crippen molar-refractivity contribution in [2.45, 2.75) is 12.8 Å². The van der Waals surface area contributed by atoms with Crippen LogP contribution in [0.4, 0.5) is 15.8 Å². The number of amides is 1. The summed E-state index contributed by atoms with van der Waals surface area (Å²) in [6, 6.07) is 13.2. The van der Waals surface area contributed by atoms with Crippen molar-refractivity contribution in [1.82, 2.24) is 5.32 Å². The zero-order valence-electron chi connectivity index (χ0n) is 14.5. The quantitative estimate of drug-likeness (QED) is 0.869. The molecule has 0 bridgehead atoms. The van der Waals surface area contributed by atoms with Crippen molar-refractivity contribution in [2.24, 2.45) is 0 Å². The minimum Gasteiger partial charge on any atom is -0.354 e. The number of nitrogens with zero attached hydrogens (tertiary/aromatic N) is 2. The fourth-order valence-electron chi connectivity index (χ4n) is 2.92. The molecule has 0 spiro atoms. The third-order valence-corrected chi connectivity index (χ3v) is 6.30. The zero-order valence-corrected chi connectivity index (χ0v) is 15.3. The van der Waals surface area contributed by atoms with Crippen LogP contribution in [0.5, 0.6) is 0 Å². The molecule has 0 aromatic heterocycles. The van der Waals surface area contributed by atoms with Gasteiger partial charge < -0.3 is 5.32 Å². The van der Waals surface area contributed by atoms with Crippen LogP contribution in [0.2, 0.25) is 0 Å². The maximum Gasteiger partial charge on any atom is 0.326 e. The van der Waals surface area contributed by atoms with Gasteiger partial charge in [0.2, 0.25) is 5.91 Å². The van der Waals surface area contributed by atoms with E-state index in [9.17, 15) is 17.6 Å². The summed E-state index contributed by atoms with van der Waals surface area (Å²) in [4.78, 5) is 12.3. The first kappa shape index (κ1) is 18.2. The Morgan fingerprint density at radius 2 is 1.85 bits per heavy atom. The maximum absolute atomic E-state index is 13.5. The van der Waals surface area contributed by atoms with E-state index >= 15 is 0 Å². The Kier molecular flexibility index (Phi) is 4.86. The second-order valence-corrected chi connectivity index (χ2v) is 7.99. The van der Waals surface area contributed by atoms with Gasteiger partial charge in [0.05, 0.1) is 23.8 Å². The Balaban J connectivity index is 1.68.